The third-order valence-corrected chi connectivity index (χ3v) is 5.97. The molecule has 0 atom stereocenters. The first kappa shape index (κ1) is 20.7. The zero-order chi connectivity index (χ0) is 21.1. The second kappa shape index (κ2) is 9.07. The molecule has 0 fully saturated rings. The molecule has 3 heterocycles. The Bertz CT molecular complexity index is 1140. The number of nitrogens with one attached hydrogen (secondary N) is 2. The number of benzene rings is 1. The summed E-state index contributed by atoms with van der Waals surface area (Å²) in [4.78, 5) is 17.6. The maximum atomic E-state index is 6.28. The minimum Gasteiger partial charge on any atom is -0.382 e. The lowest BCUT2D eigenvalue weighted by Gasteiger charge is -2.12. The molecule has 0 aliphatic carbocycles. The second-order valence-corrected chi connectivity index (χ2v) is 8.71. The molecule has 0 saturated heterocycles. The number of nitrogen functional groups attached to an aromatic ring is 1. The molecule has 0 unspecified atom stereocenters. The van der Waals surface area contributed by atoms with Crippen molar-refractivity contribution < 1.29 is 0 Å². The second-order valence-electron chi connectivity index (χ2n) is 7.27. The summed E-state index contributed by atoms with van der Waals surface area (Å²) in [5, 5.41) is 4.97. The fraction of sp³-hybridized carbons (Fsp3) is 0.286. The molecule has 0 aliphatic heterocycles. The SMILES string of the molecule is CC(C)NCCCn1c(Sc2ccc(Cl)cc2-c2ccc[nH]2)nc2c(N)ncnc21. The number of nitrogens with two attached hydrogens (primary N) is 1. The molecular weight excluding hydrogens is 418 g/mol. The quantitative estimate of drug-likeness (QED) is 0.346. The molecule has 3 aromatic heterocycles. The topological polar surface area (TPSA) is 97.4 Å². The highest BCUT2D eigenvalue weighted by atomic mass is 35.5. The van der Waals surface area contributed by atoms with Gasteiger partial charge >= 0.3 is 0 Å². The molecule has 4 rings (SSSR count). The van der Waals surface area contributed by atoms with Gasteiger partial charge in [-0.1, -0.05) is 37.2 Å². The van der Waals surface area contributed by atoms with Crippen molar-refractivity contribution in [2.24, 2.45) is 0 Å². The molecule has 0 amide bonds. The number of aryl methyl sites for hydroxylation is 1. The predicted molar refractivity (Wildman–Crippen MR) is 123 cm³/mol. The van der Waals surface area contributed by atoms with Gasteiger partial charge in [-0.05, 0) is 43.3 Å². The van der Waals surface area contributed by atoms with Gasteiger partial charge in [0.05, 0.1) is 0 Å². The van der Waals surface area contributed by atoms with Gasteiger partial charge in [-0.2, -0.15) is 0 Å². The van der Waals surface area contributed by atoms with E-state index in [4.69, 9.17) is 22.3 Å². The summed E-state index contributed by atoms with van der Waals surface area (Å²) in [6, 6.07) is 10.3. The number of imidazole rings is 1. The van der Waals surface area contributed by atoms with E-state index in [-0.39, 0.29) is 0 Å². The normalized spacial score (nSPS) is 11.6. The minimum absolute atomic E-state index is 0.390. The molecule has 30 heavy (non-hydrogen) atoms. The maximum absolute atomic E-state index is 6.28. The van der Waals surface area contributed by atoms with E-state index in [2.05, 4.69) is 38.7 Å². The molecule has 4 aromatic rings. The Kier molecular flexibility index (Phi) is 6.26. The number of nitrogens with zero attached hydrogens (tertiary/aromatic N) is 4. The predicted octanol–water partition coefficient (Wildman–Crippen LogP) is 4.60. The van der Waals surface area contributed by atoms with Crippen molar-refractivity contribution in [3.8, 4) is 11.3 Å². The van der Waals surface area contributed by atoms with Crippen molar-refractivity contribution in [1.82, 2.24) is 29.8 Å². The number of hydrogen-bond acceptors (Lipinski definition) is 6. The Morgan fingerprint density at radius 1 is 1.27 bits per heavy atom. The Hall–Kier alpha value is -2.55. The summed E-state index contributed by atoms with van der Waals surface area (Å²) in [5.41, 5.74) is 9.50. The van der Waals surface area contributed by atoms with Gasteiger partial charge in [0.2, 0.25) is 0 Å². The molecule has 0 radical (unpaired) electrons. The number of hydrogen-bond donors (Lipinski definition) is 3. The van der Waals surface area contributed by atoms with Gasteiger partial charge in [0.25, 0.3) is 0 Å². The molecule has 9 heteroatoms. The molecule has 0 saturated carbocycles. The third kappa shape index (κ3) is 4.45. The van der Waals surface area contributed by atoms with Crippen molar-refractivity contribution in [1.29, 1.82) is 0 Å². The Morgan fingerprint density at radius 2 is 2.13 bits per heavy atom. The lowest BCUT2D eigenvalue weighted by atomic mass is 10.1. The molecule has 4 N–H and O–H groups in total. The number of anilines is 1. The van der Waals surface area contributed by atoms with Crippen LogP contribution in [0.5, 0.6) is 0 Å². The number of H-pyrrole nitrogens is 1. The average molecular weight is 442 g/mol. The zero-order valence-corrected chi connectivity index (χ0v) is 18.5. The monoisotopic (exact) mass is 441 g/mol. The first-order valence-corrected chi connectivity index (χ1v) is 11.0. The van der Waals surface area contributed by atoms with E-state index in [1.54, 1.807) is 11.8 Å². The molecule has 7 nitrogen and oxygen atoms in total. The highest BCUT2D eigenvalue weighted by Crippen LogP contribution is 2.38. The highest BCUT2D eigenvalue weighted by molar-refractivity contribution is 7.99. The molecule has 156 valence electrons. The Balaban J connectivity index is 1.71. The molecule has 0 spiro atoms. The lowest BCUT2D eigenvalue weighted by Crippen LogP contribution is -2.24. The first-order valence-electron chi connectivity index (χ1n) is 9.84. The third-order valence-electron chi connectivity index (χ3n) is 4.67. The zero-order valence-electron chi connectivity index (χ0n) is 16.9. The van der Waals surface area contributed by atoms with E-state index in [9.17, 15) is 0 Å². The van der Waals surface area contributed by atoms with Gasteiger partial charge in [0.15, 0.2) is 22.1 Å². The van der Waals surface area contributed by atoms with Gasteiger partial charge in [0.1, 0.15) is 6.33 Å². The number of rotatable bonds is 8. The average Bonchev–Trinajstić information content (AvgIpc) is 3.36. The lowest BCUT2D eigenvalue weighted by molar-refractivity contribution is 0.525. The Labute approximate surface area is 184 Å². The summed E-state index contributed by atoms with van der Waals surface area (Å²) < 4.78 is 2.12. The van der Waals surface area contributed by atoms with Crippen molar-refractivity contribution in [3.05, 3.63) is 47.9 Å². The van der Waals surface area contributed by atoms with Crippen molar-refractivity contribution >= 4 is 40.3 Å². The fourth-order valence-electron chi connectivity index (χ4n) is 3.24. The van der Waals surface area contributed by atoms with E-state index in [0.29, 0.717) is 22.4 Å². The van der Waals surface area contributed by atoms with Crippen LogP contribution in [-0.2, 0) is 6.54 Å². The summed E-state index contributed by atoms with van der Waals surface area (Å²) in [6.07, 6.45) is 4.34. The van der Waals surface area contributed by atoms with Crippen molar-refractivity contribution in [2.45, 2.75) is 42.9 Å². The number of fused-ring (bicyclic) bond motifs is 1. The van der Waals surface area contributed by atoms with Crippen molar-refractivity contribution in [2.75, 3.05) is 12.3 Å². The largest absolute Gasteiger partial charge is 0.382 e. The van der Waals surface area contributed by atoms with Crippen LogP contribution in [0.4, 0.5) is 5.82 Å². The number of aromatic amines is 1. The molecular formula is C21H24ClN7S. The highest BCUT2D eigenvalue weighted by Gasteiger charge is 2.18. The molecule has 0 aliphatic rings. The van der Waals surface area contributed by atoms with Gasteiger partial charge in [-0.15, -0.1) is 0 Å². The van der Waals surface area contributed by atoms with E-state index >= 15 is 0 Å². The van der Waals surface area contributed by atoms with Crippen LogP contribution in [0.25, 0.3) is 22.4 Å². The molecule has 1 aromatic carbocycles. The smallest absolute Gasteiger partial charge is 0.175 e. The summed E-state index contributed by atoms with van der Waals surface area (Å²) in [6.45, 7) is 5.98. The van der Waals surface area contributed by atoms with E-state index < -0.39 is 0 Å². The van der Waals surface area contributed by atoms with Crippen LogP contribution in [0.2, 0.25) is 5.02 Å². The van der Waals surface area contributed by atoms with Gasteiger partial charge in [-0.25, -0.2) is 15.0 Å². The van der Waals surface area contributed by atoms with Crippen molar-refractivity contribution in [3.63, 3.8) is 0 Å². The maximum Gasteiger partial charge on any atom is 0.175 e. The Morgan fingerprint density at radius 3 is 2.90 bits per heavy atom. The van der Waals surface area contributed by atoms with Gasteiger partial charge in [-0.3, -0.25) is 0 Å². The first-order chi connectivity index (χ1) is 14.5. The van der Waals surface area contributed by atoms with Crippen LogP contribution in [-0.4, -0.2) is 37.1 Å². The molecule has 0 bridgehead atoms. The standard InChI is InChI=1S/C21H24ClN7S/c1-13(2)24-9-4-10-29-20-18(19(23)26-12-27-20)28-21(29)30-17-7-6-14(22)11-15(17)16-5-3-8-25-16/h3,5-8,11-13,24-25H,4,9-10H2,1-2H3,(H2,23,26,27). The number of aromatic nitrogens is 5. The van der Waals surface area contributed by atoms with Gasteiger partial charge < -0.3 is 20.6 Å². The summed E-state index contributed by atoms with van der Waals surface area (Å²) in [7, 11) is 0. The number of halogens is 1. The van der Waals surface area contributed by atoms with E-state index in [0.717, 1.165) is 46.5 Å². The van der Waals surface area contributed by atoms with Crippen LogP contribution in [0.1, 0.15) is 20.3 Å². The van der Waals surface area contributed by atoms with Crippen LogP contribution in [0.15, 0.2) is 52.9 Å². The summed E-state index contributed by atoms with van der Waals surface area (Å²) >= 11 is 7.85. The van der Waals surface area contributed by atoms with E-state index in [1.807, 2.05) is 36.5 Å². The summed E-state index contributed by atoms with van der Waals surface area (Å²) in [5.74, 6) is 0.390. The van der Waals surface area contributed by atoms with E-state index in [1.165, 1.54) is 6.33 Å². The fourth-order valence-corrected chi connectivity index (χ4v) is 4.45. The van der Waals surface area contributed by atoms with Gasteiger partial charge in [0, 0.05) is 40.0 Å². The van der Waals surface area contributed by atoms with Crippen LogP contribution in [0, 0.1) is 0 Å². The van der Waals surface area contributed by atoms with Crippen LogP contribution < -0.4 is 11.1 Å². The van der Waals surface area contributed by atoms with Crippen LogP contribution in [0.3, 0.4) is 0 Å². The minimum atomic E-state index is 0.390. The van der Waals surface area contributed by atoms with Crippen LogP contribution >= 0.6 is 23.4 Å².